The number of hydrogen-bond acceptors (Lipinski definition) is 4. The third kappa shape index (κ3) is 11.2. The van der Waals surface area contributed by atoms with Crippen molar-refractivity contribution in [1.29, 1.82) is 0 Å². The smallest absolute Gasteiger partial charge is 0.748 e. The Morgan fingerprint density at radius 1 is 1.24 bits per heavy atom. The summed E-state index contributed by atoms with van der Waals surface area (Å²) in [6.45, 7) is 3.91. The molecule has 0 fully saturated rings. The van der Waals surface area contributed by atoms with Gasteiger partial charge in [-0.3, -0.25) is 4.79 Å². The molecule has 0 aromatic heterocycles. The molecule has 5 nitrogen and oxygen atoms in total. The minimum Gasteiger partial charge on any atom is -0.748 e. The van der Waals surface area contributed by atoms with Gasteiger partial charge in [-0.2, -0.15) is 0 Å². The summed E-state index contributed by atoms with van der Waals surface area (Å²) in [4.78, 5) is 11.6. The van der Waals surface area contributed by atoms with Crippen molar-refractivity contribution in [1.82, 2.24) is 5.32 Å². The first-order valence-corrected chi connectivity index (χ1v) is 7.19. The molecule has 0 spiro atoms. The van der Waals surface area contributed by atoms with Crippen molar-refractivity contribution in [2.24, 2.45) is 5.92 Å². The van der Waals surface area contributed by atoms with Gasteiger partial charge in [-0.05, 0) is 12.8 Å². The molecule has 0 saturated heterocycles. The van der Waals surface area contributed by atoms with E-state index in [1.54, 1.807) is 0 Å². The van der Waals surface area contributed by atoms with Crippen LogP contribution in [0.4, 0.5) is 0 Å². The Morgan fingerprint density at radius 2 is 1.71 bits per heavy atom. The predicted octanol–water partition coefficient (Wildman–Crippen LogP) is -2.13. The van der Waals surface area contributed by atoms with E-state index in [4.69, 9.17) is 0 Å². The second-order valence-corrected chi connectivity index (χ2v) is 5.35. The first-order valence-electron chi connectivity index (χ1n) is 5.62. The molecule has 0 aliphatic carbocycles. The molecule has 0 aliphatic rings. The van der Waals surface area contributed by atoms with Gasteiger partial charge in [-0.1, -0.05) is 26.7 Å². The van der Waals surface area contributed by atoms with Gasteiger partial charge in [0, 0.05) is 12.5 Å². The summed E-state index contributed by atoms with van der Waals surface area (Å²) in [7, 11) is -4.23. The summed E-state index contributed by atoms with van der Waals surface area (Å²) in [6, 6.07) is 0. The van der Waals surface area contributed by atoms with Crippen molar-refractivity contribution >= 4 is 16.0 Å². The first kappa shape index (κ1) is 19.7. The van der Waals surface area contributed by atoms with Crippen molar-refractivity contribution in [3.05, 3.63) is 0 Å². The summed E-state index contributed by atoms with van der Waals surface area (Å²) in [5.41, 5.74) is 0. The quantitative estimate of drug-likeness (QED) is 0.404. The summed E-state index contributed by atoms with van der Waals surface area (Å²) in [5, 5.41) is 2.49. The van der Waals surface area contributed by atoms with E-state index in [2.05, 4.69) is 5.32 Å². The normalized spacial score (nSPS) is 11.1. The average molecular weight is 273 g/mol. The number of amides is 1. The molecule has 0 aromatic rings. The molecule has 0 aromatic carbocycles. The Morgan fingerprint density at radius 3 is 2.06 bits per heavy atom. The van der Waals surface area contributed by atoms with Crippen molar-refractivity contribution < 1.29 is 47.3 Å². The van der Waals surface area contributed by atoms with Crippen LogP contribution in [0.2, 0.25) is 0 Å². The van der Waals surface area contributed by atoms with Gasteiger partial charge in [-0.25, -0.2) is 8.42 Å². The Kier molecular flexibility index (Phi) is 12.0. The van der Waals surface area contributed by atoms with Gasteiger partial charge in [0.15, 0.2) is 0 Å². The summed E-state index contributed by atoms with van der Waals surface area (Å²) < 4.78 is 31.0. The molecule has 0 bridgehead atoms. The van der Waals surface area contributed by atoms with Gasteiger partial charge in [0.25, 0.3) is 0 Å². The predicted molar refractivity (Wildman–Crippen MR) is 60.9 cm³/mol. The zero-order chi connectivity index (χ0) is 12.6. The number of carbonyl (C=O) groups excluding carboxylic acids is 1. The van der Waals surface area contributed by atoms with Crippen LogP contribution >= 0.6 is 0 Å². The molecule has 0 rings (SSSR count). The van der Waals surface area contributed by atoms with Crippen LogP contribution in [-0.4, -0.2) is 31.2 Å². The van der Waals surface area contributed by atoms with Crippen LogP contribution < -0.4 is 34.9 Å². The van der Waals surface area contributed by atoms with Crippen LogP contribution in [0.25, 0.3) is 0 Å². The summed E-state index contributed by atoms with van der Waals surface area (Å²) in [5.74, 6) is -0.749. The fraction of sp³-hybridized carbons (Fsp3) is 0.900. The van der Waals surface area contributed by atoms with Crippen molar-refractivity contribution in [3.63, 3.8) is 0 Å². The molecule has 1 N–H and O–H groups in total. The van der Waals surface area contributed by atoms with E-state index in [0.717, 1.165) is 25.7 Å². The van der Waals surface area contributed by atoms with Gasteiger partial charge in [0.2, 0.25) is 5.91 Å². The number of hydrogen-bond donors (Lipinski definition) is 1. The SMILES string of the molecule is CCCC(CCC)C(=O)NCCS(=O)(=O)[O-].[Na+]. The molecule has 0 unspecified atom stereocenters. The second-order valence-electron chi connectivity index (χ2n) is 3.83. The Hall–Kier alpha value is 0.380. The van der Waals surface area contributed by atoms with E-state index >= 15 is 0 Å². The van der Waals surface area contributed by atoms with Crippen molar-refractivity contribution in [3.8, 4) is 0 Å². The van der Waals surface area contributed by atoms with E-state index in [1.165, 1.54) is 0 Å². The largest absolute Gasteiger partial charge is 1.00 e. The number of carbonyl (C=O) groups is 1. The fourth-order valence-corrected chi connectivity index (χ4v) is 1.90. The molecule has 7 heteroatoms. The Bertz CT molecular complexity index is 299. The third-order valence-electron chi connectivity index (χ3n) is 2.30. The van der Waals surface area contributed by atoms with Crippen LogP contribution in [0, 0.1) is 5.92 Å². The van der Waals surface area contributed by atoms with E-state index < -0.39 is 15.9 Å². The van der Waals surface area contributed by atoms with E-state index in [1.807, 2.05) is 13.8 Å². The summed E-state index contributed by atoms with van der Waals surface area (Å²) >= 11 is 0. The minimum atomic E-state index is -4.23. The maximum atomic E-state index is 11.6. The van der Waals surface area contributed by atoms with Crippen LogP contribution in [0.5, 0.6) is 0 Å². The number of nitrogens with one attached hydrogen (secondary N) is 1. The van der Waals surface area contributed by atoms with E-state index in [9.17, 15) is 17.8 Å². The monoisotopic (exact) mass is 273 g/mol. The van der Waals surface area contributed by atoms with E-state index in [-0.39, 0.29) is 47.9 Å². The molecule has 0 saturated carbocycles. The second kappa shape index (κ2) is 10.3. The Labute approximate surface area is 126 Å². The fourth-order valence-electron chi connectivity index (χ4n) is 1.55. The van der Waals surface area contributed by atoms with Gasteiger partial charge in [0.1, 0.15) is 0 Å². The van der Waals surface area contributed by atoms with Crippen molar-refractivity contribution in [2.75, 3.05) is 12.3 Å². The maximum Gasteiger partial charge on any atom is 1.00 e. The standard InChI is InChI=1S/C10H21NO4S.Na/c1-3-5-9(6-4-2)10(12)11-7-8-16(13,14)15;/h9H,3-8H2,1-2H3,(H,11,12)(H,13,14,15);/q;+1/p-1. The minimum absolute atomic E-state index is 0. The van der Waals surface area contributed by atoms with Crippen LogP contribution in [0.15, 0.2) is 0 Å². The number of rotatable bonds is 8. The van der Waals surface area contributed by atoms with Gasteiger partial charge in [-0.15, -0.1) is 0 Å². The van der Waals surface area contributed by atoms with Crippen LogP contribution in [0.3, 0.4) is 0 Å². The summed E-state index contributed by atoms with van der Waals surface area (Å²) in [6.07, 6.45) is 3.42. The molecule has 0 radical (unpaired) electrons. The molecule has 17 heavy (non-hydrogen) atoms. The Balaban J connectivity index is 0. The van der Waals surface area contributed by atoms with Crippen LogP contribution in [-0.2, 0) is 14.9 Å². The maximum absolute atomic E-state index is 11.6. The van der Waals surface area contributed by atoms with Gasteiger partial charge >= 0.3 is 29.6 Å². The molecule has 0 heterocycles. The van der Waals surface area contributed by atoms with Gasteiger partial charge < -0.3 is 9.87 Å². The third-order valence-corrected chi connectivity index (χ3v) is 3.00. The topological polar surface area (TPSA) is 86.3 Å². The molecule has 0 aliphatic heterocycles. The molecule has 1 amide bonds. The zero-order valence-electron chi connectivity index (χ0n) is 10.9. The van der Waals surface area contributed by atoms with Gasteiger partial charge in [0.05, 0.1) is 15.9 Å². The molecular weight excluding hydrogens is 253 g/mol. The van der Waals surface area contributed by atoms with Crippen molar-refractivity contribution in [2.45, 2.75) is 39.5 Å². The molecule has 0 atom stereocenters. The zero-order valence-corrected chi connectivity index (χ0v) is 13.7. The van der Waals surface area contributed by atoms with E-state index in [0.29, 0.717) is 0 Å². The first-order chi connectivity index (χ1) is 7.40. The average Bonchev–Trinajstić information content (AvgIpc) is 2.15. The van der Waals surface area contributed by atoms with Crippen LogP contribution in [0.1, 0.15) is 39.5 Å². The molecular formula is C10H20NNaO4S. The molecule has 96 valence electrons.